The summed E-state index contributed by atoms with van der Waals surface area (Å²) in [5.74, 6) is -1.82. The highest BCUT2D eigenvalue weighted by Crippen LogP contribution is 2.27. The van der Waals surface area contributed by atoms with Crippen molar-refractivity contribution in [2.45, 2.75) is 12.3 Å². The second kappa shape index (κ2) is 10.6. The van der Waals surface area contributed by atoms with Crippen LogP contribution in [0.5, 0.6) is 0 Å². The topological polar surface area (TPSA) is 112 Å². The molecule has 3 rings (SSSR count). The lowest BCUT2D eigenvalue weighted by atomic mass is 10.0. The fourth-order valence-electron chi connectivity index (χ4n) is 3.00. The maximum Gasteiger partial charge on any atom is 0.430 e. The monoisotopic (exact) mass is 482 g/mol. The van der Waals surface area contributed by atoms with E-state index in [0.29, 0.717) is 11.6 Å². The lowest BCUT2D eigenvalue weighted by molar-refractivity contribution is -0.110. The molecule has 1 atom stereocenters. The molecule has 3 aromatic rings. The Bertz CT molecular complexity index is 1330. The van der Waals surface area contributed by atoms with Crippen molar-refractivity contribution in [3.8, 4) is 6.07 Å². The van der Waals surface area contributed by atoms with Crippen LogP contribution in [0.1, 0.15) is 22.8 Å². The second-order valence-electron chi connectivity index (χ2n) is 7.26. The van der Waals surface area contributed by atoms with Crippen LogP contribution in [0.4, 0.5) is 28.9 Å². The van der Waals surface area contributed by atoms with Crippen molar-refractivity contribution >= 4 is 23.0 Å². The highest BCUT2D eigenvalue weighted by Gasteiger charge is 2.32. The molecule has 0 saturated carbocycles. The Kier molecular flexibility index (Phi) is 7.63. The molecule has 6 nitrogen and oxygen atoms in total. The van der Waals surface area contributed by atoms with E-state index in [2.05, 4.69) is 10.3 Å². The summed E-state index contributed by atoms with van der Waals surface area (Å²) in [5.41, 5.74) is 3.27. The van der Waals surface area contributed by atoms with E-state index in [1.165, 1.54) is 30.3 Å². The van der Waals surface area contributed by atoms with Gasteiger partial charge in [-0.2, -0.15) is 18.4 Å². The van der Waals surface area contributed by atoms with Crippen molar-refractivity contribution in [3.63, 3.8) is 0 Å². The number of anilines is 1. The molecule has 0 fully saturated rings. The van der Waals surface area contributed by atoms with E-state index in [9.17, 15) is 27.5 Å². The summed E-state index contributed by atoms with van der Waals surface area (Å²) < 4.78 is 53.4. The molecule has 10 heteroatoms. The number of aliphatic hydroxyl groups excluding tert-OH is 1. The number of nitriles is 1. The van der Waals surface area contributed by atoms with Gasteiger partial charge in [0.15, 0.2) is 0 Å². The number of aliphatic hydroxyl groups is 1. The van der Waals surface area contributed by atoms with Gasteiger partial charge in [0, 0.05) is 11.3 Å². The standard InChI is InChI=1S/C25H18F4N4O2/c26-20-10-9-18(12-19(20)23(34)16-6-2-1-3-7-16)33-24(35)21(13-22(31)25(27,28)29)32-17-8-4-5-15(11-17)14-30/h1-13,23,34H,31H2,(H,33,35). The molecule has 0 aliphatic heterocycles. The molecular weight excluding hydrogens is 464 g/mol. The van der Waals surface area contributed by atoms with E-state index >= 15 is 0 Å². The number of nitrogens with one attached hydrogen (secondary N) is 1. The minimum absolute atomic E-state index is 0.00108. The number of halogens is 4. The maximum absolute atomic E-state index is 14.4. The van der Waals surface area contributed by atoms with Crippen LogP contribution < -0.4 is 11.1 Å². The van der Waals surface area contributed by atoms with E-state index in [4.69, 9.17) is 11.0 Å². The third-order valence-corrected chi connectivity index (χ3v) is 4.74. The van der Waals surface area contributed by atoms with Gasteiger partial charge in [-0.25, -0.2) is 9.38 Å². The number of aliphatic imine (C=N–C) groups is 1. The van der Waals surface area contributed by atoms with Gasteiger partial charge in [0.05, 0.1) is 17.3 Å². The highest BCUT2D eigenvalue weighted by molar-refractivity contribution is 6.47. The van der Waals surface area contributed by atoms with Crippen LogP contribution in [0.2, 0.25) is 0 Å². The number of alkyl halides is 3. The number of rotatable bonds is 6. The molecule has 0 aromatic heterocycles. The SMILES string of the molecule is N#Cc1cccc(N=C(C=C(N)C(F)(F)F)C(=O)Nc2ccc(F)c(C(O)c3ccccc3)c2)c1. The van der Waals surface area contributed by atoms with E-state index in [1.54, 1.807) is 30.3 Å². The van der Waals surface area contributed by atoms with Gasteiger partial charge in [-0.15, -0.1) is 0 Å². The number of benzene rings is 3. The Morgan fingerprint density at radius 2 is 1.80 bits per heavy atom. The van der Waals surface area contributed by atoms with E-state index < -0.39 is 35.4 Å². The normalized spacial score (nSPS) is 13.1. The molecular formula is C25H18F4N4O2. The lowest BCUT2D eigenvalue weighted by Crippen LogP contribution is -2.26. The smallest absolute Gasteiger partial charge is 0.395 e. The number of amides is 1. The number of allylic oxidation sites excluding steroid dienone is 1. The Balaban J connectivity index is 1.97. The van der Waals surface area contributed by atoms with Crippen LogP contribution >= 0.6 is 0 Å². The molecule has 0 spiro atoms. The van der Waals surface area contributed by atoms with Crippen LogP contribution in [0, 0.1) is 17.1 Å². The van der Waals surface area contributed by atoms with Gasteiger partial charge in [-0.1, -0.05) is 36.4 Å². The summed E-state index contributed by atoms with van der Waals surface area (Å²) in [4.78, 5) is 16.8. The summed E-state index contributed by atoms with van der Waals surface area (Å²) in [6, 6.07) is 19.0. The molecule has 0 bridgehead atoms. The van der Waals surface area contributed by atoms with Gasteiger partial charge >= 0.3 is 6.18 Å². The van der Waals surface area contributed by atoms with Gasteiger partial charge in [0.1, 0.15) is 23.3 Å². The zero-order valence-corrected chi connectivity index (χ0v) is 17.9. The van der Waals surface area contributed by atoms with Crippen molar-refractivity contribution in [3.05, 3.63) is 107 Å². The Hall–Kier alpha value is -4.49. The van der Waals surface area contributed by atoms with E-state index in [0.717, 1.165) is 12.1 Å². The van der Waals surface area contributed by atoms with E-state index in [-0.39, 0.29) is 22.5 Å². The highest BCUT2D eigenvalue weighted by atomic mass is 19.4. The molecule has 4 N–H and O–H groups in total. The van der Waals surface area contributed by atoms with Crippen LogP contribution in [-0.4, -0.2) is 22.9 Å². The fourth-order valence-corrected chi connectivity index (χ4v) is 3.00. The predicted octanol–water partition coefficient (Wildman–Crippen LogP) is 4.90. The molecule has 3 aromatic carbocycles. The quantitative estimate of drug-likeness (QED) is 0.343. The Labute approximate surface area is 197 Å². The Morgan fingerprint density at radius 1 is 1.09 bits per heavy atom. The van der Waals surface area contributed by atoms with Gasteiger partial charge in [0.25, 0.3) is 5.91 Å². The molecule has 1 unspecified atom stereocenters. The number of nitrogens with two attached hydrogens (primary N) is 1. The molecule has 0 aliphatic carbocycles. The van der Waals surface area contributed by atoms with Crippen LogP contribution in [0.15, 0.2) is 89.6 Å². The van der Waals surface area contributed by atoms with Crippen molar-refractivity contribution in [2.75, 3.05) is 5.32 Å². The van der Waals surface area contributed by atoms with Crippen molar-refractivity contribution in [2.24, 2.45) is 10.7 Å². The van der Waals surface area contributed by atoms with Gasteiger partial charge in [-0.05, 0) is 48.0 Å². The largest absolute Gasteiger partial charge is 0.430 e. The first-order chi connectivity index (χ1) is 16.6. The third kappa shape index (κ3) is 6.52. The average molecular weight is 482 g/mol. The number of carbonyl (C=O) groups excluding carboxylic acids is 1. The number of carbonyl (C=O) groups is 1. The molecule has 35 heavy (non-hydrogen) atoms. The summed E-state index contributed by atoms with van der Waals surface area (Å²) in [5, 5.41) is 21.9. The second-order valence-corrected chi connectivity index (χ2v) is 7.26. The van der Waals surface area contributed by atoms with E-state index in [1.807, 2.05) is 6.07 Å². The molecule has 0 heterocycles. The van der Waals surface area contributed by atoms with Crippen LogP contribution in [0.25, 0.3) is 0 Å². The molecule has 178 valence electrons. The summed E-state index contributed by atoms with van der Waals surface area (Å²) in [6.07, 6.45) is -5.91. The summed E-state index contributed by atoms with van der Waals surface area (Å²) in [6.45, 7) is 0. The third-order valence-electron chi connectivity index (χ3n) is 4.74. The summed E-state index contributed by atoms with van der Waals surface area (Å²) in [7, 11) is 0. The van der Waals surface area contributed by atoms with Crippen molar-refractivity contribution < 1.29 is 27.5 Å². The van der Waals surface area contributed by atoms with Crippen molar-refractivity contribution in [1.29, 1.82) is 5.26 Å². The summed E-state index contributed by atoms with van der Waals surface area (Å²) >= 11 is 0. The number of nitrogens with zero attached hydrogens (tertiary/aromatic N) is 2. The maximum atomic E-state index is 14.4. The average Bonchev–Trinajstić information content (AvgIpc) is 2.84. The zero-order chi connectivity index (χ0) is 25.6. The molecule has 0 saturated heterocycles. The van der Waals surface area contributed by atoms with Gasteiger partial charge < -0.3 is 16.2 Å². The minimum Gasteiger partial charge on any atom is -0.395 e. The van der Waals surface area contributed by atoms with Crippen LogP contribution in [0.3, 0.4) is 0 Å². The minimum atomic E-state index is -4.92. The number of hydrogen-bond acceptors (Lipinski definition) is 5. The van der Waals surface area contributed by atoms with Crippen LogP contribution in [-0.2, 0) is 4.79 Å². The fraction of sp³-hybridized carbons (Fsp3) is 0.0800. The molecule has 1 amide bonds. The first-order valence-electron chi connectivity index (χ1n) is 10.1. The zero-order valence-electron chi connectivity index (χ0n) is 17.9. The Morgan fingerprint density at radius 3 is 2.46 bits per heavy atom. The molecule has 0 radical (unpaired) electrons. The lowest BCUT2D eigenvalue weighted by Gasteiger charge is -2.15. The van der Waals surface area contributed by atoms with Crippen molar-refractivity contribution in [1.82, 2.24) is 0 Å². The predicted molar refractivity (Wildman–Crippen MR) is 122 cm³/mol. The van der Waals surface area contributed by atoms with Gasteiger partial charge in [0.2, 0.25) is 0 Å². The first kappa shape index (κ1) is 25.1. The van der Waals surface area contributed by atoms with Gasteiger partial charge in [-0.3, -0.25) is 4.79 Å². The molecule has 0 aliphatic rings. The number of hydrogen-bond donors (Lipinski definition) is 3. The first-order valence-corrected chi connectivity index (χ1v) is 10.1.